The molecule has 0 fully saturated rings. The Hall–Kier alpha value is 2.40. The van der Waals surface area contributed by atoms with Gasteiger partial charge in [-0.3, -0.25) is 0 Å². The van der Waals surface area contributed by atoms with Gasteiger partial charge in [0.2, 0.25) is 0 Å². The van der Waals surface area contributed by atoms with Gasteiger partial charge in [-0.15, -0.1) is 0 Å². The molecule has 11 heavy (non-hydrogen) atoms. The molecule has 0 spiro atoms. The molecule has 0 aliphatic heterocycles. The molecule has 0 amide bonds. The normalized spacial score (nSPS) is 0. The Morgan fingerprint density at radius 3 is 0.364 bits per heavy atom. The summed E-state index contributed by atoms with van der Waals surface area (Å²) in [7, 11) is 0. The van der Waals surface area contributed by atoms with Crippen LogP contribution in [0.5, 0.6) is 0 Å². The number of hydrogen-bond donors (Lipinski definition) is 0. The van der Waals surface area contributed by atoms with Crippen molar-refractivity contribution in [3.63, 3.8) is 0 Å². The summed E-state index contributed by atoms with van der Waals surface area (Å²) in [6.07, 6.45) is 0. The van der Waals surface area contributed by atoms with Gasteiger partial charge >= 0.3 is 52.6 Å². The fraction of sp³-hybridized carbons (Fsp3) is 0. The van der Waals surface area contributed by atoms with Crippen LogP contribution >= 0.6 is 0 Å². The molecule has 6 nitrogen and oxygen atoms in total. The predicted molar refractivity (Wildman–Crippen MR) is 27.4 cm³/mol. The van der Waals surface area contributed by atoms with Gasteiger partial charge in [0.05, 0.1) is 0 Å². The van der Waals surface area contributed by atoms with Gasteiger partial charge in [-0.2, -0.15) is 0 Å². The second-order valence-electron chi connectivity index (χ2n) is 0. The van der Waals surface area contributed by atoms with Crippen molar-refractivity contribution < 1.29 is 99.6 Å². The van der Waals surface area contributed by atoms with Gasteiger partial charge in [0, 0.05) is 0 Å². The third-order valence-electron chi connectivity index (χ3n) is 0. The van der Waals surface area contributed by atoms with Gasteiger partial charge < -0.3 is 70.1 Å². The van der Waals surface area contributed by atoms with E-state index in [4.69, 9.17) is 0 Å². The van der Waals surface area contributed by atoms with E-state index in [1.165, 1.54) is 0 Å². The van der Waals surface area contributed by atoms with E-state index in [1.54, 1.807) is 0 Å². The standard InChI is InChI=1S/3ClH.Mg.Na.6H2O/h3*1H;;;6*1H2/q;;;+2;+1;;;;;;/p-3. The third kappa shape index (κ3) is 233. The van der Waals surface area contributed by atoms with Crippen LogP contribution in [0.2, 0.25) is 0 Å². The van der Waals surface area contributed by atoms with Crippen LogP contribution in [0, 0.1) is 0 Å². The Kier molecular flexibility index (Phi) is 9140. The topological polar surface area (TPSA) is 189 Å². The van der Waals surface area contributed by atoms with Crippen LogP contribution in [0.4, 0.5) is 0 Å². The summed E-state index contributed by atoms with van der Waals surface area (Å²) in [5, 5.41) is 0. The van der Waals surface area contributed by atoms with Gasteiger partial charge in [-0.05, 0) is 0 Å². The van der Waals surface area contributed by atoms with Gasteiger partial charge in [0.1, 0.15) is 0 Å². The molecule has 0 rings (SSSR count). The van der Waals surface area contributed by atoms with Crippen LogP contribution in [-0.4, -0.2) is 55.9 Å². The van der Waals surface area contributed by atoms with E-state index in [0.29, 0.717) is 0 Å². The summed E-state index contributed by atoms with van der Waals surface area (Å²) in [6, 6.07) is 0. The van der Waals surface area contributed by atoms with Crippen LogP contribution in [0.3, 0.4) is 0 Å². The molecule has 0 unspecified atom stereocenters. The summed E-state index contributed by atoms with van der Waals surface area (Å²) in [5.74, 6) is 0. The fourth-order valence-electron chi connectivity index (χ4n) is 0. The van der Waals surface area contributed by atoms with E-state index in [9.17, 15) is 0 Å². The molecule has 0 aromatic rings. The Balaban J connectivity index is 0. The van der Waals surface area contributed by atoms with Crippen molar-refractivity contribution in [3.8, 4) is 0 Å². The van der Waals surface area contributed by atoms with E-state index < -0.39 is 0 Å². The molecule has 0 aromatic heterocycles. The Morgan fingerprint density at radius 2 is 0.364 bits per heavy atom. The largest absolute Gasteiger partial charge is 2.00 e. The summed E-state index contributed by atoms with van der Waals surface area (Å²) in [4.78, 5) is 0. The minimum Gasteiger partial charge on any atom is -1.00 e. The molecule has 0 radical (unpaired) electrons. The Morgan fingerprint density at radius 1 is 0.364 bits per heavy atom. The molecule has 0 heterocycles. The van der Waals surface area contributed by atoms with Crippen molar-refractivity contribution in [2.24, 2.45) is 0 Å². The molecule has 11 heteroatoms. The number of halogens is 3. The molecular weight excluding hydrogens is 250 g/mol. The first-order valence-electron chi connectivity index (χ1n) is 0. The SMILES string of the molecule is O.O.O.O.O.O.[Cl-].[Cl-].[Cl-].[Mg+2].[Na+]. The maximum absolute atomic E-state index is 0. The average Bonchev–Trinajstić information content (AvgIpc) is 0. The zero-order valence-electron chi connectivity index (χ0n) is 5.84. The molecule has 0 aliphatic rings. The van der Waals surface area contributed by atoms with Crippen LogP contribution < -0.4 is 66.8 Å². The van der Waals surface area contributed by atoms with Crippen molar-refractivity contribution in [2.45, 2.75) is 0 Å². The maximum Gasteiger partial charge on any atom is 2.00 e. The number of hydrogen-bond acceptors (Lipinski definition) is 0. The van der Waals surface area contributed by atoms with Crippen LogP contribution in [0.1, 0.15) is 0 Å². The second-order valence-corrected chi connectivity index (χ2v) is 0. The molecule has 0 saturated heterocycles. The summed E-state index contributed by atoms with van der Waals surface area (Å²) in [5.41, 5.74) is 0. The molecule has 72 valence electrons. The van der Waals surface area contributed by atoms with Crippen molar-refractivity contribution in [1.82, 2.24) is 0 Å². The molecule has 0 aliphatic carbocycles. The first-order valence-corrected chi connectivity index (χ1v) is 0. The molecule has 12 N–H and O–H groups in total. The van der Waals surface area contributed by atoms with E-state index in [2.05, 4.69) is 0 Å². The minimum absolute atomic E-state index is 0. The van der Waals surface area contributed by atoms with E-state index in [1.807, 2.05) is 0 Å². The monoisotopic (exact) mass is 260 g/mol. The smallest absolute Gasteiger partial charge is 1.00 e. The average molecular weight is 262 g/mol. The van der Waals surface area contributed by atoms with Gasteiger partial charge in [0.15, 0.2) is 0 Å². The summed E-state index contributed by atoms with van der Waals surface area (Å²) in [6.45, 7) is 0. The molecule has 0 saturated carbocycles. The van der Waals surface area contributed by atoms with Gasteiger partial charge in [-0.25, -0.2) is 0 Å². The van der Waals surface area contributed by atoms with Crippen LogP contribution in [-0.2, 0) is 0 Å². The van der Waals surface area contributed by atoms with Crippen molar-refractivity contribution >= 4 is 23.1 Å². The molecule has 0 bridgehead atoms. The zero-order chi connectivity index (χ0) is 0. The zero-order valence-corrected chi connectivity index (χ0v) is 11.5. The second kappa shape index (κ2) is 280. The van der Waals surface area contributed by atoms with Crippen LogP contribution in [0.25, 0.3) is 0 Å². The van der Waals surface area contributed by atoms with Crippen LogP contribution in [0.15, 0.2) is 0 Å². The third-order valence-corrected chi connectivity index (χ3v) is 0. The minimum atomic E-state index is 0. The molecule has 0 atom stereocenters. The first kappa shape index (κ1) is 359. The predicted octanol–water partition coefficient (Wildman–Crippen LogP) is -17.3. The van der Waals surface area contributed by atoms with E-state index in [0.717, 1.165) is 0 Å². The molecule has 0 aromatic carbocycles. The van der Waals surface area contributed by atoms with E-state index >= 15 is 0 Å². The summed E-state index contributed by atoms with van der Waals surface area (Å²) >= 11 is 0. The molecular formula is H12Cl3MgNaO6. The Bertz CT molecular complexity index is 17.8. The first-order chi connectivity index (χ1) is 0. The van der Waals surface area contributed by atoms with Crippen molar-refractivity contribution in [1.29, 1.82) is 0 Å². The van der Waals surface area contributed by atoms with Crippen molar-refractivity contribution in [3.05, 3.63) is 0 Å². The summed E-state index contributed by atoms with van der Waals surface area (Å²) < 4.78 is 0. The maximum atomic E-state index is 0. The quantitative estimate of drug-likeness (QED) is 0.375. The van der Waals surface area contributed by atoms with Gasteiger partial charge in [0.25, 0.3) is 0 Å². The fourth-order valence-corrected chi connectivity index (χ4v) is 0. The van der Waals surface area contributed by atoms with Crippen molar-refractivity contribution in [2.75, 3.05) is 0 Å². The Labute approximate surface area is 121 Å². The number of rotatable bonds is 0. The van der Waals surface area contributed by atoms with Gasteiger partial charge in [-0.1, -0.05) is 0 Å². The van der Waals surface area contributed by atoms with E-state index in [-0.39, 0.29) is 123 Å².